The molecule has 2 bridgehead atoms. The molecule has 3 aliphatic rings. The number of carbonyl (C=O) groups is 1. The Kier molecular flexibility index (Phi) is 4.80. The Morgan fingerprint density at radius 2 is 2.04 bits per heavy atom. The molecule has 2 fully saturated rings. The summed E-state index contributed by atoms with van der Waals surface area (Å²) in [6.45, 7) is 5.75. The van der Waals surface area contributed by atoms with Crippen molar-refractivity contribution in [3.63, 3.8) is 0 Å². The van der Waals surface area contributed by atoms with Crippen molar-refractivity contribution in [1.29, 1.82) is 0 Å². The molecule has 1 saturated carbocycles. The van der Waals surface area contributed by atoms with E-state index in [0.29, 0.717) is 5.92 Å². The number of aromatic nitrogens is 1. The summed E-state index contributed by atoms with van der Waals surface area (Å²) < 4.78 is 5.68. The number of aryl methyl sites for hydroxylation is 1. The molecule has 1 unspecified atom stereocenters. The van der Waals surface area contributed by atoms with Crippen molar-refractivity contribution in [2.24, 2.45) is 10.9 Å². The normalized spacial score (nSPS) is 29.6. The molecule has 4 rings (SSSR count). The first kappa shape index (κ1) is 18.2. The lowest BCUT2D eigenvalue weighted by Gasteiger charge is -2.38. The smallest absolute Gasteiger partial charge is 0.410 e. The van der Waals surface area contributed by atoms with Gasteiger partial charge in [0.15, 0.2) is 0 Å². The van der Waals surface area contributed by atoms with E-state index in [9.17, 15) is 4.79 Å². The molecule has 1 saturated heterocycles. The Bertz CT molecular complexity index is 715. The Morgan fingerprint density at radius 1 is 1.26 bits per heavy atom. The minimum atomic E-state index is -0.482. The number of amides is 1. The van der Waals surface area contributed by atoms with E-state index in [1.165, 1.54) is 5.56 Å². The summed E-state index contributed by atoms with van der Waals surface area (Å²) >= 11 is 0. The lowest BCUT2D eigenvalue weighted by Crippen LogP contribution is -2.55. The fourth-order valence-corrected chi connectivity index (χ4v) is 4.51. The maximum absolute atomic E-state index is 12.8. The Balaban J connectivity index is 1.43. The first-order valence-corrected chi connectivity index (χ1v) is 9.89. The second-order valence-electron chi connectivity index (χ2n) is 8.75. The summed E-state index contributed by atoms with van der Waals surface area (Å²) in [6, 6.07) is 4.40. The minimum absolute atomic E-state index is 0.0597. The van der Waals surface area contributed by atoms with E-state index in [0.717, 1.165) is 37.9 Å². The van der Waals surface area contributed by atoms with Crippen molar-refractivity contribution in [3.8, 4) is 0 Å². The number of amidine groups is 1. The fraction of sp³-hybridized carbons (Fsp3) is 0.650. The van der Waals surface area contributed by atoms with Crippen molar-refractivity contribution in [3.05, 3.63) is 30.1 Å². The molecular formula is C20H29N5O2. The van der Waals surface area contributed by atoms with Gasteiger partial charge in [-0.1, -0.05) is 0 Å². The molecular weight excluding hydrogens is 342 g/mol. The highest BCUT2D eigenvalue weighted by Crippen LogP contribution is 2.44. The molecule has 3 heterocycles. The number of nitrogens with zero attached hydrogens (tertiary/aromatic N) is 3. The summed E-state index contributed by atoms with van der Waals surface area (Å²) in [5.41, 5.74) is 7.29. The highest BCUT2D eigenvalue weighted by atomic mass is 16.6. The number of hydrogen-bond donors (Lipinski definition) is 2. The Hall–Kier alpha value is -2.15. The third-order valence-corrected chi connectivity index (χ3v) is 5.63. The van der Waals surface area contributed by atoms with Crippen LogP contribution in [0.3, 0.4) is 0 Å². The molecule has 7 nitrogen and oxygen atoms in total. The second-order valence-corrected chi connectivity index (χ2v) is 8.75. The van der Waals surface area contributed by atoms with Crippen molar-refractivity contribution in [2.75, 3.05) is 0 Å². The van der Waals surface area contributed by atoms with Gasteiger partial charge in [-0.25, -0.2) is 15.2 Å². The van der Waals surface area contributed by atoms with E-state index in [1.54, 1.807) is 0 Å². The lowest BCUT2D eigenvalue weighted by atomic mass is 9.96. The number of likely N-dealkylation sites (tertiary alicyclic amines) is 1. The van der Waals surface area contributed by atoms with Gasteiger partial charge in [0.05, 0.1) is 6.04 Å². The summed E-state index contributed by atoms with van der Waals surface area (Å²) in [5, 5.41) is 0. The molecule has 0 aromatic carbocycles. The van der Waals surface area contributed by atoms with E-state index in [4.69, 9.17) is 9.73 Å². The average molecular weight is 371 g/mol. The van der Waals surface area contributed by atoms with Gasteiger partial charge in [0.25, 0.3) is 0 Å². The lowest BCUT2D eigenvalue weighted by molar-refractivity contribution is 0.00306. The number of rotatable bonds is 4. The number of aliphatic imine (C=N–C) groups is 1. The standard InChI is InChI=1S/C20H29N5O2/c1-20(2,3)27-19(26)25-15-6-5-14(12-15)17(25)18-22-16(23-24-18)7-4-13-8-10-21-11-9-13/h8-11,14-15,17-18,24H,4-7,12H2,1-3H3,(H,22,23)/t14-,15+,17-,18?/m0/s1. The summed E-state index contributed by atoms with van der Waals surface area (Å²) in [7, 11) is 0. The van der Waals surface area contributed by atoms with Crippen LogP contribution in [0, 0.1) is 5.92 Å². The summed E-state index contributed by atoms with van der Waals surface area (Å²) in [4.78, 5) is 23.7. The van der Waals surface area contributed by atoms with Crippen LogP contribution in [0.25, 0.3) is 0 Å². The predicted molar refractivity (Wildman–Crippen MR) is 103 cm³/mol. The first-order valence-electron chi connectivity index (χ1n) is 9.89. The van der Waals surface area contributed by atoms with Crippen molar-refractivity contribution in [1.82, 2.24) is 20.7 Å². The van der Waals surface area contributed by atoms with Gasteiger partial charge < -0.3 is 10.2 Å². The largest absolute Gasteiger partial charge is 0.444 e. The van der Waals surface area contributed by atoms with Crippen LogP contribution in [0.5, 0.6) is 0 Å². The molecule has 0 radical (unpaired) electrons. The van der Waals surface area contributed by atoms with E-state index < -0.39 is 5.60 Å². The third-order valence-electron chi connectivity index (χ3n) is 5.63. The molecule has 146 valence electrons. The van der Waals surface area contributed by atoms with E-state index in [-0.39, 0.29) is 24.3 Å². The van der Waals surface area contributed by atoms with Crippen molar-refractivity contribution < 1.29 is 9.53 Å². The molecule has 1 aliphatic carbocycles. The molecule has 7 heteroatoms. The first-order chi connectivity index (χ1) is 12.9. The quantitative estimate of drug-likeness (QED) is 0.851. The van der Waals surface area contributed by atoms with Crippen LogP contribution in [-0.4, -0.2) is 45.7 Å². The van der Waals surface area contributed by atoms with E-state index in [1.807, 2.05) is 50.2 Å². The maximum Gasteiger partial charge on any atom is 0.410 e. The minimum Gasteiger partial charge on any atom is -0.444 e. The Morgan fingerprint density at radius 3 is 2.78 bits per heavy atom. The van der Waals surface area contributed by atoms with Crippen LogP contribution in [0.2, 0.25) is 0 Å². The van der Waals surface area contributed by atoms with Gasteiger partial charge in [-0.3, -0.25) is 9.88 Å². The van der Waals surface area contributed by atoms with Crippen LogP contribution in [-0.2, 0) is 11.2 Å². The second kappa shape index (κ2) is 7.11. The molecule has 1 aromatic heterocycles. The number of fused-ring (bicyclic) bond motifs is 2. The molecule has 27 heavy (non-hydrogen) atoms. The van der Waals surface area contributed by atoms with Gasteiger partial charge in [-0.15, -0.1) is 0 Å². The summed E-state index contributed by atoms with van der Waals surface area (Å²) in [5.74, 6) is 1.44. The number of nitrogens with one attached hydrogen (secondary N) is 2. The van der Waals surface area contributed by atoms with E-state index >= 15 is 0 Å². The summed E-state index contributed by atoms with van der Waals surface area (Å²) in [6.07, 6.45) is 8.35. The monoisotopic (exact) mass is 371 g/mol. The molecule has 1 amide bonds. The molecule has 1 aromatic rings. The topological polar surface area (TPSA) is 78.8 Å². The highest BCUT2D eigenvalue weighted by molar-refractivity contribution is 5.83. The van der Waals surface area contributed by atoms with Crippen molar-refractivity contribution >= 4 is 11.9 Å². The number of pyridine rings is 1. The number of hydrogen-bond acceptors (Lipinski definition) is 6. The van der Waals surface area contributed by atoms with Crippen LogP contribution >= 0.6 is 0 Å². The maximum atomic E-state index is 12.8. The van der Waals surface area contributed by atoms with Gasteiger partial charge >= 0.3 is 6.09 Å². The van der Waals surface area contributed by atoms with Crippen molar-refractivity contribution in [2.45, 2.75) is 76.7 Å². The van der Waals surface area contributed by atoms with Crippen LogP contribution in [0.1, 0.15) is 52.0 Å². The number of piperidine rings is 1. The van der Waals surface area contributed by atoms with Gasteiger partial charge in [-0.2, -0.15) is 0 Å². The van der Waals surface area contributed by atoms with Crippen LogP contribution in [0.4, 0.5) is 4.79 Å². The van der Waals surface area contributed by atoms with Crippen LogP contribution in [0.15, 0.2) is 29.5 Å². The zero-order chi connectivity index (χ0) is 19.0. The fourth-order valence-electron chi connectivity index (χ4n) is 4.51. The number of carbonyl (C=O) groups excluding carboxylic acids is 1. The van der Waals surface area contributed by atoms with E-state index in [2.05, 4.69) is 15.8 Å². The number of hydrazine groups is 1. The zero-order valence-corrected chi connectivity index (χ0v) is 16.3. The molecule has 2 N–H and O–H groups in total. The molecule has 4 atom stereocenters. The number of ether oxygens (including phenoxy) is 1. The third kappa shape index (κ3) is 3.93. The molecule has 0 spiro atoms. The Labute approximate surface area is 160 Å². The SMILES string of the molecule is CC(C)(C)OC(=O)N1[C@@H]2CC[C@@H](C2)[C@H]1C1N=C(CCc2ccncc2)NN1. The highest BCUT2D eigenvalue weighted by Gasteiger charge is 2.53. The zero-order valence-electron chi connectivity index (χ0n) is 16.3. The van der Waals surface area contributed by atoms with Gasteiger partial charge in [0.2, 0.25) is 0 Å². The van der Waals surface area contributed by atoms with Gasteiger partial charge in [0, 0.05) is 24.9 Å². The predicted octanol–water partition coefficient (Wildman–Crippen LogP) is 2.63. The van der Waals surface area contributed by atoms with Gasteiger partial charge in [0.1, 0.15) is 17.6 Å². The van der Waals surface area contributed by atoms with Crippen LogP contribution < -0.4 is 10.9 Å². The average Bonchev–Trinajstić information content (AvgIpc) is 3.34. The van der Waals surface area contributed by atoms with Gasteiger partial charge in [-0.05, 0) is 70.1 Å². The molecule has 2 aliphatic heterocycles.